The largest absolute Gasteiger partial charge is 0.480 e. The van der Waals surface area contributed by atoms with Crippen LogP contribution >= 0.6 is 11.6 Å². The van der Waals surface area contributed by atoms with E-state index in [0.29, 0.717) is 10.9 Å². The summed E-state index contributed by atoms with van der Waals surface area (Å²) in [4.78, 5) is 23.4. The Balaban J connectivity index is 1.78. The van der Waals surface area contributed by atoms with Gasteiger partial charge in [0.15, 0.2) is 0 Å². The lowest BCUT2D eigenvalue weighted by Crippen LogP contribution is -2.35. The zero-order valence-corrected chi connectivity index (χ0v) is 19.5. The van der Waals surface area contributed by atoms with Crippen LogP contribution in [-0.2, 0) is 14.8 Å². The van der Waals surface area contributed by atoms with Crippen LogP contribution in [0.4, 0.5) is 5.69 Å². The van der Waals surface area contributed by atoms with Crippen LogP contribution in [0.3, 0.4) is 0 Å². The molecule has 0 bridgehead atoms. The predicted molar refractivity (Wildman–Crippen MR) is 130 cm³/mol. The minimum Gasteiger partial charge on any atom is -0.480 e. The normalized spacial score (nSPS) is 11.4. The van der Waals surface area contributed by atoms with Gasteiger partial charge in [0.25, 0.3) is 15.9 Å². The Bertz CT molecular complexity index is 1510. The van der Waals surface area contributed by atoms with Gasteiger partial charge in [0.2, 0.25) is 0 Å². The molecule has 0 unspecified atom stereocenters. The van der Waals surface area contributed by atoms with E-state index in [9.17, 15) is 23.1 Å². The topological polar surface area (TPSA) is 109 Å². The molecule has 0 aliphatic rings. The number of amides is 1. The number of carbonyl (C=O) groups is 2. The maximum Gasteiger partial charge on any atom is 0.324 e. The van der Waals surface area contributed by atoms with E-state index < -0.39 is 22.5 Å². The van der Waals surface area contributed by atoms with Crippen LogP contribution in [0.1, 0.15) is 10.4 Å². The molecule has 0 spiro atoms. The van der Waals surface area contributed by atoms with Gasteiger partial charge in [-0.25, -0.2) is 8.42 Å². The number of halogens is 1. The van der Waals surface area contributed by atoms with Gasteiger partial charge in [-0.15, -0.1) is 0 Å². The Kier molecular flexibility index (Phi) is 6.32. The minimum absolute atomic E-state index is 0.107. The summed E-state index contributed by atoms with van der Waals surface area (Å²) in [6.45, 7) is -0.755. The summed E-state index contributed by atoms with van der Waals surface area (Å²) in [5, 5.41) is 12.9. The lowest BCUT2D eigenvalue weighted by molar-refractivity contribution is -0.135. The van der Waals surface area contributed by atoms with E-state index in [-0.39, 0.29) is 21.5 Å². The Labute approximate surface area is 201 Å². The molecule has 34 heavy (non-hydrogen) atoms. The van der Waals surface area contributed by atoms with Gasteiger partial charge < -0.3 is 15.0 Å². The van der Waals surface area contributed by atoms with E-state index >= 15 is 0 Å². The first kappa shape index (κ1) is 23.3. The number of aromatic nitrogens is 1. The Morgan fingerprint density at radius 1 is 1.03 bits per heavy atom. The highest BCUT2D eigenvalue weighted by atomic mass is 35.5. The Morgan fingerprint density at radius 3 is 2.50 bits per heavy atom. The molecule has 3 aromatic carbocycles. The summed E-state index contributed by atoms with van der Waals surface area (Å²) in [5.74, 6) is -1.51. The first-order valence-corrected chi connectivity index (χ1v) is 12.0. The van der Waals surface area contributed by atoms with Crippen molar-refractivity contribution in [3.63, 3.8) is 0 Å². The molecule has 0 saturated carbocycles. The lowest BCUT2D eigenvalue weighted by Gasteiger charge is -2.23. The van der Waals surface area contributed by atoms with E-state index in [2.05, 4.69) is 5.32 Å². The number of nitrogens with zero attached hydrogens (tertiary/aromatic N) is 2. The monoisotopic (exact) mass is 497 g/mol. The van der Waals surface area contributed by atoms with Gasteiger partial charge in [-0.2, -0.15) is 0 Å². The first-order chi connectivity index (χ1) is 16.2. The number of hydrogen-bond acceptors (Lipinski definition) is 4. The predicted octanol–water partition coefficient (Wildman–Crippen LogP) is 3.92. The molecule has 0 atom stereocenters. The SMILES string of the molecule is CNC(=O)c1cccc(-n2ccc3cc(N(CC(=O)O)S(=O)(=O)c4cccc(Cl)c4)ccc32)c1. The minimum atomic E-state index is -4.19. The molecule has 0 saturated heterocycles. The number of aliphatic carboxylic acids is 1. The van der Waals surface area contributed by atoms with Crippen LogP contribution in [0, 0.1) is 0 Å². The third-order valence-electron chi connectivity index (χ3n) is 5.24. The molecule has 4 rings (SSSR count). The van der Waals surface area contributed by atoms with E-state index in [1.807, 2.05) is 10.6 Å². The molecular weight excluding hydrogens is 478 g/mol. The number of fused-ring (bicyclic) bond motifs is 1. The fourth-order valence-corrected chi connectivity index (χ4v) is 5.35. The van der Waals surface area contributed by atoms with Gasteiger partial charge >= 0.3 is 5.97 Å². The molecule has 0 aliphatic carbocycles. The van der Waals surface area contributed by atoms with Crippen LogP contribution in [0.15, 0.2) is 83.9 Å². The first-order valence-electron chi connectivity index (χ1n) is 10.1. The summed E-state index contributed by atoms with van der Waals surface area (Å²) < 4.78 is 29.2. The molecule has 0 aliphatic heterocycles. The third kappa shape index (κ3) is 4.48. The fraction of sp³-hybridized carbons (Fsp3) is 0.0833. The Morgan fingerprint density at radius 2 is 1.79 bits per heavy atom. The van der Waals surface area contributed by atoms with Crippen LogP contribution in [-0.4, -0.2) is 43.6 Å². The second kappa shape index (κ2) is 9.20. The van der Waals surface area contributed by atoms with Gasteiger partial charge in [0.1, 0.15) is 6.54 Å². The molecule has 0 radical (unpaired) electrons. The summed E-state index contributed by atoms with van der Waals surface area (Å²) in [7, 11) is -2.63. The number of carboxylic acids is 1. The van der Waals surface area contributed by atoms with E-state index in [1.165, 1.54) is 24.3 Å². The summed E-state index contributed by atoms with van der Waals surface area (Å²) in [6, 6.07) is 19.4. The molecule has 1 amide bonds. The van der Waals surface area contributed by atoms with Crippen molar-refractivity contribution in [2.24, 2.45) is 0 Å². The number of sulfonamides is 1. The van der Waals surface area contributed by atoms with Crippen molar-refractivity contribution in [2.45, 2.75) is 4.90 Å². The van der Waals surface area contributed by atoms with Crippen molar-refractivity contribution in [1.29, 1.82) is 0 Å². The number of rotatable bonds is 7. The van der Waals surface area contributed by atoms with Crippen molar-refractivity contribution in [1.82, 2.24) is 9.88 Å². The highest BCUT2D eigenvalue weighted by molar-refractivity contribution is 7.92. The average molecular weight is 498 g/mol. The summed E-state index contributed by atoms with van der Waals surface area (Å²) >= 11 is 5.96. The molecule has 0 fully saturated rings. The number of benzene rings is 3. The number of nitrogens with one attached hydrogen (secondary N) is 1. The molecule has 1 aromatic heterocycles. The third-order valence-corrected chi connectivity index (χ3v) is 7.24. The quantitative estimate of drug-likeness (QED) is 0.402. The van der Waals surface area contributed by atoms with Crippen LogP contribution in [0.5, 0.6) is 0 Å². The van der Waals surface area contributed by atoms with Crippen molar-refractivity contribution < 1.29 is 23.1 Å². The van der Waals surface area contributed by atoms with Crippen LogP contribution in [0.2, 0.25) is 5.02 Å². The molecule has 1 heterocycles. The van der Waals surface area contributed by atoms with Gasteiger partial charge in [0.05, 0.1) is 16.1 Å². The average Bonchev–Trinajstić information content (AvgIpc) is 3.25. The standard InChI is InChI=1S/C24H20ClN3O5S/c1-26-24(31)17-4-2-6-19(13-17)27-11-10-16-12-20(8-9-22(16)27)28(15-23(29)30)34(32,33)21-7-3-5-18(25)14-21/h2-14H,15H2,1H3,(H,26,31)(H,29,30). The van der Waals surface area contributed by atoms with Gasteiger partial charge in [0, 0.05) is 34.9 Å². The summed E-state index contributed by atoms with van der Waals surface area (Å²) in [5.41, 5.74) is 2.21. The second-order valence-corrected chi connectivity index (χ2v) is 9.72. The smallest absolute Gasteiger partial charge is 0.324 e. The van der Waals surface area contributed by atoms with Crippen molar-refractivity contribution in [2.75, 3.05) is 17.9 Å². The number of carbonyl (C=O) groups excluding carboxylic acids is 1. The van der Waals surface area contributed by atoms with Crippen molar-refractivity contribution >= 4 is 50.1 Å². The van der Waals surface area contributed by atoms with E-state index in [4.69, 9.17) is 11.6 Å². The number of anilines is 1. The van der Waals surface area contributed by atoms with Gasteiger partial charge in [-0.05, 0) is 60.7 Å². The fourth-order valence-electron chi connectivity index (χ4n) is 3.64. The Hall–Kier alpha value is -3.82. The molecule has 8 nitrogen and oxygen atoms in total. The molecular formula is C24H20ClN3O5S. The zero-order valence-electron chi connectivity index (χ0n) is 18.0. The summed E-state index contributed by atoms with van der Waals surface area (Å²) in [6.07, 6.45) is 1.80. The number of hydrogen-bond donors (Lipinski definition) is 2. The molecule has 10 heteroatoms. The molecule has 2 N–H and O–H groups in total. The van der Waals surface area contributed by atoms with E-state index in [0.717, 1.165) is 15.5 Å². The number of carboxylic acid groups (broad SMARTS) is 1. The molecule has 174 valence electrons. The van der Waals surface area contributed by atoms with Crippen LogP contribution < -0.4 is 9.62 Å². The van der Waals surface area contributed by atoms with Crippen molar-refractivity contribution in [3.8, 4) is 5.69 Å². The lowest BCUT2D eigenvalue weighted by atomic mass is 10.2. The zero-order chi connectivity index (χ0) is 24.5. The highest BCUT2D eigenvalue weighted by Gasteiger charge is 2.27. The second-order valence-electron chi connectivity index (χ2n) is 7.42. The highest BCUT2D eigenvalue weighted by Crippen LogP contribution is 2.30. The van der Waals surface area contributed by atoms with E-state index in [1.54, 1.807) is 55.7 Å². The maximum absolute atomic E-state index is 13.3. The van der Waals surface area contributed by atoms with Gasteiger partial charge in [-0.3, -0.25) is 13.9 Å². The van der Waals surface area contributed by atoms with Gasteiger partial charge in [-0.1, -0.05) is 23.7 Å². The molecule has 4 aromatic rings. The van der Waals surface area contributed by atoms with Crippen LogP contribution in [0.25, 0.3) is 16.6 Å². The maximum atomic E-state index is 13.3. The van der Waals surface area contributed by atoms with Crippen molar-refractivity contribution in [3.05, 3.63) is 89.6 Å².